The van der Waals surface area contributed by atoms with Gasteiger partial charge in [0.2, 0.25) is 29.5 Å². The maximum Gasteiger partial charge on any atom is 0.246 e. The van der Waals surface area contributed by atoms with Crippen molar-refractivity contribution in [1.82, 2.24) is 40.3 Å². The first-order valence-electron chi connectivity index (χ1n) is 26.5. The lowest BCUT2D eigenvalue weighted by molar-refractivity contribution is -0.143. The summed E-state index contributed by atoms with van der Waals surface area (Å²) in [4.78, 5) is 90.9. The number of benzene rings is 2. The molecule has 0 unspecified atom stereocenters. The lowest BCUT2D eigenvalue weighted by Crippen LogP contribution is -2.57. The summed E-state index contributed by atoms with van der Waals surface area (Å²) in [6.45, 7) is 17.2. The van der Waals surface area contributed by atoms with Crippen LogP contribution in [-0.4, -0.2) is 140 Å². The fourth-order valence-electron chi connectivity index (χ4n) is 10.6. The van der Waals surface area contributed by atoms with Crippen molar-refractivity contribution in [3.05, 3.63) is 89.8 Å². The van der Waals surface area contributed by atoms with Gasteiger partial charge in [0.25, 0.3) is 0 Å². The van der Waals surface area contributed by atoms with Crippen molar-refractivity contribution in [2.24, 2.45) is 16.6 Å². The zero-order valence-corrected chi connectivity index (χ0v) is 46.0. The number of β-amino-alcohol motifs (C(OH)–C–C–N with tert-alkyl or cyclic N) is 1. The second kappa shape index (κ2) is 24.1. The summed E-state index contributed by atoms with van der Waals surface area (Å²) in [5, 5.41) is 20.4. The van der Waals surface area contributed by atoms with E-state index >= 15 is 0 Å². The fourth-order valence-corrected chi connectivity index (χ4v) is 12.2. The van der Waals surface area contributed by atoms with E-state index in [2.05, 4.69) is 47.6 Å². The number of nitrogens with one attached hydrogen (secondary N) is 3. The highest BCUT2D eigenvalue weighted by Crippen LogP contribution is 2.40. The highest BCUT2D eigenvalue weighted by molar-refractivity contribution is 7.99. The van der Waals surface area contributed by atoms with E-state index in [-0.39, 0.29) is 47.7 Å². The van der Waals surface area contributed by atoms with Crippen molar-refractivity contribution < 1.29 is 29.1 Å². The monoisotopic (exact) mass is 1060 g/mol. The lowest BCUT2D eigenvalue weighted by Gasteiger charge is -2.48. The first-order valence-corrected chi connectivity index (χ1v) is 28.2. The molecule has 0 bridgehead atoms. The number of likely N-dealkylation sites (tertiary alicyclic amines) is 3. The molecular weight excluding hydrogens is 987 g/mol. The Balaban J connectivity index is 0.710. The van der Waals surface area contributed by atoms with Gasteiger partial charge in [-0.2, -0.15) is 0 Å². The molecule has 2 aromatic heterocycles. The van der Waals surface area contributed by atoms with E-state index in [4.69, 9.17) is 5.73 Å². The molecule has 17 nitrogen and oxygen atoms in total. The number of amides is 5. The predicted octanol–water partition coefficient (Wildman–Crippen LogP) is 6.73. The smallest absolute Gasteiger partial charge is 0.246 e. The van der Waals surface area contributed by atoms with Gasteiger partial charge >= 0.3 is 0 Å². The van der Waals surface area contributed by atoms with Gasteiger partial charge in [-0.25, -0.2) is 15.0 Å². The summed E-state index contributed by atoms with van der Waals surface area (Å²) in [6, 6.07) is 13.4. The maximum absolute atomic E-state index is 14.2. The van der Waals surface area contributed by atoms with Crippen LogP contribution in [0.2, 0.25) is 0 Å². The van der Waals surface area contributed by atoms with Gasteiger partial charge in [-0.05, 0) is 94.2 Å². The second-order valence-electron chi connectivity index (χ2n) is 22.6. The lowest BCUT2D eigenvalue weighted by atomic mass is 9.79. The Morgan fingerprint density at radius 1 is 0.920 bits per heavy atom. The molecule has 4 atom stereocenters. The molecule has 75 heavy (non-hydrogen) atoms. The van der Waals surface area contributed by atoms with Crippen molar-refractivity contribution in [2.75, 3.05) is 62.6 Å². The Labute approximate surface area is 449 Å². The number of nitrogens with two attached hydrogens (primary N) is 1. The minimum Gasteiger partial charge on any atom is -0.391 e. The topological polar surface area (TPSA) is 219 Å². The number of hydrogen-bond donors (Lipinski definition) is 5. The van der Waals surface area contributed by atoms with Gasteiger partial charge in [0.05, 0.1) is 40.6 Å². The van der Waals surface area contributed by atoms with Crippen LogP contribution in [0.4, 0.5) is 11.5 Å². The number of carbonyl (C=O) groups excluding carboxylic acids is 5. The van der Waals surface area contributed by atoms with Gasteiger partial charge in [-0.3, -0.25) is 24.0 Å². The quantitative estimate of drug-likeness (QED) is 0.0487. The van der Waals surface area contributed by atoms with E-state index in [0.717, 1.165) is 121 Å². The van der Waals surface area contributed by atoms with E-state index < -0.39 is 35.4 Å². The van der Waals surface area contributed by atoms with E-state index in [1.54, 1.807) is 22.4 Å². The number of carbonyl (C=O) groups is 5. The first kappa shape index (κ1) is 55.5. The van der Waals surface area contributed by atoms with Crippen molar-refractivity contribution in [2.45, 2.75) is 139 Å². The Bertz CT molecular complexity index is 2670. The molecule has 19 heteroatoms. The Morgan fingerprint density at radius 3 is 2.36 bits per heavy atom. The largest absolute Gasteiger partial charge is 0.391 e. The number of nitrogens with zero attached hydrogens (tertiary/aromatic N) is 7. The number of anilines is 2. The van der Waals surface area contributed by atoms with Crippen LogP contribution in [0.15, 0.2) is 88.5 Å². The molecule has 0 saturated carbocycles. The number of aliphatic hydroxyl groups is 1. The summed E-state index contributed by atoms with van der Waals surface area (Å²) in [5.74, 6) is -0.824. The molecule has 0 radical (unpaired) electrons. The van der Waals surface area contributed by atoms with Crippen LogP contribution in [0.1, 0.15) is 110 Å². The highest BCUT2D eigenvalue weighted by atomic mass is 32.2. The minimum absolute atomic E-state index is 0.00325. The standard InChI is InChI=1S/C56H75N11O6S2/c1-37(39-15-17-40(18-16-39)50-38(2)60-36-74-50)61-52(72)44-29-42(68)32-67(44)53(73)51(54(3,4)5)63-47(70)19-20-49(71)66-27-23-56(35-66)33-64(34-56)24-10-8-7-9-14-46(69)62-41-12-11-13-43(28-41)75-48-31-58-45(30-59-48)65-25-21-55(6,57)22-26-65/h11-13,15-20,28,30-31,36-37,42,44,51,68H,7-10,14,21-27,29,32-35,57H2,1-6H3,(H,61,72)(H,62,69)(H,63,70)/b20-19+/t37-,42+,44-,51+/m0/s1. The van der Waals surface area contributed by atoms with E-state index in [9.17, 15) is 29.1 Å². The number of aliphatic hydroxyl groups excluding tert-OH is 1. The number of thiazole rings is 1. The van der Waals surface area contributed by atoms with Gasteiger partial charge < -0.3 is 46.4 Å². The van der Waals surface area contributed by atoms with Gasteiger partial charge in [-0.15, -0.1) is 11.3 Å². The summed E-state index contributed by atoms with van der Waals surface area (Å²) >= 11 is 3.08. The Kier molecular flexibility index (Phi) is 17.8. The number of unbranched alkanes of at least 4 members (excludes halogenated alkanes) is 3. The van der Waals surface area contributed by atoms with Crippen LogP contribution in [0.3, 0.4) is 0 Å². The van der Waals surface area contributed by atoms with Crippen molar-refractivity contribution >= 4 is 64.1 Å². The van der Waals surface area contributed by atoms with E-state index in [0.29, 0.717) is 19.5 Å². The zero-order valence-electron chi connectivity index (χ0n) is 44.3. The SMILES string of the molecule is Cc1ncsc1-c1ccc([C@H](C)NC(=O)[C@@H]2C[C@@H](O)CN2C(=O)[C@@H](NC(=O)/C=C/C(=O)N2CCC3(CN(CCCCCCC(=O)Nc4cccc(Sc5cnc(N6CCC(C)(N)CC6)cn5)c4)C3)C2)C(C)(C)C)cc1. The van der Waals surface area contributed by atoms with E-state index in [1.165, 1.54) is 28.8 Å². The zero-order chi connectivity index (χ0) is 53.5. The first-order chi connectivity index (χ1) is 35.7. The summed E-state index contributed by atoms with van der Waals surface area (Å²) in [5.41, 5.74) is 10.9. The van der Waals surface area contributed by atoms with Crippen molar-refractivity contribution in [1.29, 1.82) is 0 Å². The van der Waals surface area contributed by atoms with Gasteiger partial charge in [0.15, 0.2) is 0 Å². The summed E-state index contributed by atoms with van der Waals surface area (Å²) < 4.78 is 0. The molecule has 4 aromatic rings. The van der Waals surface area contributed by atoms with Crippen LogP contribution in [0, 0.1) is 17.8 Å². The molecular formula is C56H75N11O6S2. The molecule has 8 rings (SSSR count). The second-order valence-corrected chi connectivity index (χ2v) is 24.5. The molecule has 1 spiro atoms. The van der Waals surface area contributed by atoms with Crippen LogP contribution in [0.25, 0.3) is 10.4 Å². The minimum atomic E-state index is -1.03. The molecule has 6 N–H and O–H groups in total. The molecule has 2 aromatic carbocycles. The molecule has 4 aliphatic rings. The Hall–Kier alpha value is -5.73. The number of piperidine rings is 1. The average molecular weight is 1060 g/mol. The summed E-state index contributed by atoms with van der Waals surface area (Å²) in [6.07, 6.45) is 12.3. The van der Waals surface area contributed by atoms with Gasteiger partial charge in [0, 0.05) is 92.3 Å². The average Bonchev–Trinajstić information content (AvgIpc) is 4.13. The predicted molar refractivity (Wildman–Crippen MR) is 294 cm³/mol. The number of aryl methyl sites for hydroxylation is 1. The third-order valence-electron chi connectivity index (χ3n) is 15.1. The number of rotatable bonds is 19. The van der Waals surface area contributed by atoms with Crippen LogP contribution in [0.5, 0.6) is 0 Å². The normalized spacial score (nSPS) is 20.2. The van der Waals surface area contributed by atoms with Crippen LogP contribution < -0.4 is 26.6 Å². The van der Waals surface area contributed by atoms with Crippen molar-refractivity contribution in [3.8, 4) is 10.4 Å². The Morgan fingerprint density at radius 2 is 1.67 bits per heavy atom. The molecule has 4 saturated heterocycles. The highest BCUT2D eigenvalue weighted by Gasteiger charge is 2.48. The molecule has 4 aliphatic heterocycles. The van der Waals surface area contributed by atoms with Crippen LogP contribution in [-0.2, 0) is 24.0 Å². The fraction of sp³-hybridized carbons (Fsp3) is 0.536. The number of aromatic nitrogens is 3. The maximum atomic E-state index is 14.2. The molecule has 6 heterocycles. The molecule has 5 amide bonds. The van der Waals surface area contributed by atoms with Gasteiger partial charge in [-0.1, -0.05) is 75.7 Å². The molecule has 4 fully saturated rings. The van der Waals surface area contributed by atoms with E-state index in [1.807, 2.05) is 94.9 Å². The molecule has 0 aliphatic carbocycles. The number of hydrogen-bond acceptors (Lipinski definition) is 14. The van der Waals surface area contributed by atoms with Crippen LogP contribution >= 0.6 is 23.1 Å². The third-order valence-corrected chi connectivity index (χ3v) is 17.0. The summed E-state index contributed by atoms with van der Waals surface area (Å²) in [7, 11) is 0. The third kappa shape index (κ3) is 14.6. The molecule has 402 valence electrons. The van der Waals surface area contributed by atoms with Crippen molar-refractivity contribution in [3.63, 3.8) is 0 Å². The van der Waals surface area contributed by atoms with Gasteiger partial charge in [0.1, 0.15) is 22.9 Å².